The first-order valence-corrected chi connectivity index (χ1v) is 19.9. The Kier molecular flexibility index (Phi) is 7.97. The van der Waals surface area contributed by atoms with E-state index in [1.54, 1.807) is 0 Å². The van der Waals surface area contributed by atoms with E-state index in [0.29, 0.717) is 17.5 Å². The summed E-state index contributed by atoms with van der Waals surface area (Å²) in [7, 11) is 0. The fourth-order valence-corrected chi connectivity index (χ4v) is 9.15. The number of aromatic nitrogens is 4. The zero-order valence-electron chi connectivity index (χ0n) is 30.7. The summed E-state index contributed by atoms with van der Waals surface area (Å²) in [5.41, 5.74) is 10.4. The summed E-state index contributed by atoms with van der Waals surface area (Å²) < 4.78 is 2.51. The lowest BCUT2D eigenvalue weighted by Gasteiger charge is -2.12. The lowest BCUT2D eigenvalue weighted by atomic mass is 9.96. The molecule has 0 atom stereocenters. The van der Waals surface area contributed by atoms with E-state index in [0.717, 1.165) is 50.0 Å². The fraction of sp³-hybridized carbons (Fsp3) is 0. The first-order valence-electron chi connectivity index (χ1n) is 19.0. The van der Waals surface area contributed by atoms with Crippen molar-refractivity contribution in [2.45, 2.75) is 0 Å². The standard InChI is InChI=1S/C52H32N4S/c1-3-14-36(15-4-1)50-54-51(37-16-5-2-6-17-37)56-52(55-50)40-20-11-19-38(31-40)39-29-30-43-45(32-39)53-48(47-44-22-9-10-24-46(44)57-49(43)47)35-27-25-34(26-28-35)42-23-12-18-33-13-7-8-21-41(33)42/h1-32H. The maximum atomic E-state index is 5.48. The van der Waals surface area contributed by atoms with Gasteiger partial charge in [-0.25, -0.2) is 19.9 Å². The summed E-state index contributed by atoms with van der Waals surface area (Å²) in [5, 5.41) is 6.08. The van der Waals surface area contributed by atoms with E-state index in [1.165, 1.54) is 42.1 Å². The van der Waals surface area contributed by atoms with Gasteiger partial charge in [-0.1, -0.05) is 176 Å². The van der Waals surface area contributed by atoms with Crippen LogP contribution in [0, 0.1) is 0 Å². The highest BCUT2D eigenvalue weighted by molar-refractivity contribution is 7.26. The van der Waals surface area contributed by atoms with Crippen molar-refractivity contribution in [3.63, 3.8) is 0 Å². The van der Waals surface area contributed by atoms with Crippen LogP contribution in [0.1, 0.15) is 0 Å². The molecule has 0 spiro atoms. The van der Waals surface area contributed by atoms with Crippen LogP contribution in [0.5, 0.6) is 0 Å². The Labute approximate surface area is 333 Å². The number of nitrogens with zero attached hydrogens (tertiary/aromatic N) is 4. The normalized spacial score (nSPS) is 11.5. The van der Waals surface area contributed by atoms with Gasteiger partial charge in [-0.3, -0.25) is 0 Å². The first-order chi connectivity index (χ1) is 28.2. The van der Waals surface area contributed by atoms with Crippen molar-refractivity contribution in [1.29, 1.82) is 0 Å². The second-order valence-electron chi connectivity index (χ2n) is 14.2. The van der Waals surface area contributed by atoms with Crippen LogP contribution in [0.4, 0.5) is 0 Å². The van der Waals surface area contributed by atoms with Gasteiger partial charge in [0.1, 0.15) is 0 Å². The number of pyridine rings is 1. The number of fused-ring (bicyclic) bond motifs is 6. The van der Waals surface area contributed by atoms with Crippen LogP contribution in [-0.2, 0) is 0 Å². The average molecular weight is 745 g/mol. The maximum Gasteiger partial charge on any atom is 0.164 e. The molecule has 0 saturated heterocycles. The topological polar surface area (TPSA) is 51.6 Å². The predicted molar refractivity (Wildman–Crippen MR) is 238 cm³/mol. The summed E-state index contributed by atoms with van der Waals surface area (Å²) in [6, 6.07) is 68.0. The Morgan fingerprint density at radius 3 is 1.63 bits per heavy atom. The Morgan fingerprint density at radius 1 is 0.333 bits per heavy atom. The van der Waals surface area contributed by atoms with Crippen molar-refractivity contribution in [2.75, 3.05) is 0 Å². The largest absolute Gasteiger partial charge is 0.247 e. The lowest BCUT2D eigenvalue weighted by Crippen LogP contribution is -2.00. The molecule has 3 aromatic heterocycles. The quantitative estimate of drug-likeness (QED) is 0.170. The van der Waals surface area contributed by atoms with E-state index in [1.807, 2.05) is 72.0 Å². The monoisotopic (exact) mass is 744 g/mol. The molecule has 0 saturated carbocycles. The zero-order chi connectivity index (χ0) is 37.7. The second-order valence-corrected chi connectivity index (χ2v) is 15.3. The van der Waals surface area contributed by atoms with E-state index < -0.39 is 0 Å². The molecule has 0 aliphatic rings. The third kappa shape index (κ3) is 5.93. The molecule has 0 amide bonds. The van der Waals surface area contributed by atoms with Crippen LogP contribution < -0.4 is 0 Å². The van der Waals surface area contributed by atoms with Gasteiger partial charge in [0.05, 0.1) is 11.2 Å². The molecule has 0 bridgehead atoms. The van der Waals surface area contributed by atoms with Gasteiger partial charge in [0.15, 0.2) is 17.5 Å². The molecule has 266 valence electrons. The van der Waals surface area contributed by atoms with E-state index >= 15 is 0 Å². The van der Waals surface area contributed by atoms with Crippen LogP contribution in [-0.4, -0.2) is 19.9 Å². The smallest absolute Gasteiger partial charge is 0.164 e. The Hall–Kier alpha value is -7.34. The average Bonchev–Trinajstić information content (AvgIpc) is 3.69. The van der Waals surface area contributed by atoms with Crippen molar-refractivity contribution in [3.8, 4) is 67.7 Å². The molecule has 57 heavy (non-hydrogen) atoms. The predicted octanol–water partition coefficient (Wildman–Crippen LogP) is 13.9. The minimum Gasteiger partial charge on any atom is -0.247 e. The molecular formula is C52H32N4S. The highest BCUT2D eigenvalue weighted by Gasteiger charge is 2.18. The molecule has 11 aromatic rings. The molecule has 0 N–H and O–H groups in total. The van der Waals surface area contributed by atoms with Gasteiger partial charge >= 0.3 is 0 Å². The van der Waals surface area contributed by atoms with Gasteiger partial charge in [-0.15, -0.1) is 11.3 Å². The molecule has 0 aliphatic heterocycles. The number of hydrogen-bond acceptors (Lipinski definition) is 5. The van der Waals surface area contributed by atoms with Crippen molar-refractivity contribution >= 4 is 53.2 Å². The van der Waals surface area contributed by atoms with Crippen LogP contribution in [0.3, 0.4) is 0 Å². The molecule has 3 heterocycles. The summed E-state index contributed by atoms with van der Waals surface area (Å²) in [4.78, 5) is 20.4. The van der Waals surface area contributed by atoms with Gasteiger partial charge < -0.3 is 0 Å². The van der Waals surface area contributed by atoms with Gasteiger partial charge in [-0.2, -0.15) is 0 Å². The number of benzene rings is 8. The zero-order valence-corrected chi connectivity index (χ0v) is 31.5. The highest BCUT2D eigenvalue weighted by Crippen LogP contribution is 2.44. The Bertz CT molecular complexity index is 3220. The SMILES string of the molecule is c1ccc(-c2nc(-c3ccccc3)nc(-c3cccc(-c4ccc5c(c4)nc(-c4ccc(-c6cccc7ccccc67)cc4)c4c6ccccc6sc54)c3)n2)cc1. The third-order valence-corrected chi connectivity index (χ3v) is 11.9. The fourth-order valence-electron chi connectivity index (χ4n) is 7.91. The van der Waals surface area contributed by atoms with Crippen molar-refractivity contribution in [2.24, 2.45) is 0 Å². The molecule has 0 radical (unpaired) electrons. The maximum absolute atomic E-state index is 5.48. The second kappa shape index (κ2) is 13.7. The molecule has 0 aliphatic carbocycles. The molecular weight excluding hydrogens is 713 g/mol. The number of hydrogen-bond donors (Lipinski definition) is 0. The van der Waals surface area contributed by atoms with Crippen molar-refractivity contribution in [1.82, 2.24) is 19.9 Å². The first kappa shape index (κ1) is 33.0. The van der Waals surface area contributed by atoms with Crippen LogP contribution in [0.25, 0.3) is 110 Å². The highest BCUT2D eigenvalue weighted by atomic mass is 32.1. The lowest BCUT2D eigenvalue weighted by molar-refractivity contribution is 1.07. The van der Waals surface area contributed by atoms with Crippen LogP contribution >= 0.6 is 11.3 Å². The molecule has 0 fully saturated rings. The third-order valence-electron chi connectivity index (χ3n) is 10.7. The summed E-state index contributed by atoms with van der Waals surface area (Å²) in [6.45, 7) is 0. The van der Waals surface area contributed by atoms with Crippen LogP contribution in [0.2, 0.25) is 0 Å². The summed E-state index contributed by atoms with van der Waals surface area (Å²) in [6.07, 6.45) is 0. The minimum absolute atomic E-state index is 0.629. The molecule has 5 heteroatoms. The Balaban J connectivity index is 1.04. The summed E-state index contributed by atoms with van der Waals surface area (Å²) >= 11 is 1.84. The summed E-state index contributed by atoms with van der Waals surface area (Å²) in [5.74, 6) is 1.92. The number of rotatable bonds is 6. The Morgan fingerprint density at radius 2 is 0.877 bits per heavy atom. The van der Waals surface area contributed by atoms with Gasteiger partial charge in [0, 0.05) is 47.8 Å². The van der Waals surface area contributed by atoms with Crippen molar-refractivity contribution in [3.05, 3.63) is 194 Å². The van der Waals surface area contributed by atoms with E-state index in [4.69, 9.17) is 19.9 Å². The van der Waals surface area contributed by atoms with Crippen molar-refractivity contribution < 1.29 is 0 Å². The van der Waals surface area contributed by atoms with Gasteiger partial charge in [0.2, 0.25) is 0 Å². The minimum atomic E-state index is 0.629. The molecule has 0 unspecified atom stereocenters. The van der Waals surface area contributed by atoms with Gasteiger partial charge in [0.25, 0.3) is 0 Å². The molecule has 11 rings (SSSR count). The van der Waals surface area contributed by atoms with E-state index in [9.17, 15) is 0 Å². The molecule has 4 nitrogen and oxygen atoms in total. The number of thiophene rings is 1. The van der Waals surface area contributed by atoms with E-state index in [-0.39, 0.29) is 0 Å². The van der Waals surface area contributed by atoms with Gasteiger partial charge in [-0.05, 0) is 51.2 Å². The van der Waals surface area contributed by atoms with Crippen LogP contribution in [0.15, 0.2) is 194 Å². The van der Waals surface area contributed by atoms with E-state index in [2.05, 4.69) is 133 Å². The molecule has 8 aromatic carbocycles.